The molecule has 0 unspecified atom stereocenters. The van der Waals surface area contributed by atoms with E-state index < -0.39 is 48.5 Å². The van der Waals surface area contributed by atoms with Crippen molar-refractivity contribution < 1.29 is 44.2 Å². The lowest BCUT2D eigenvalue weighted by atomic mass is 9.99. The predicted octanol–water partition coefficient (Wildman–Crippen LogP) is 0.353. The lowest BCUT2D eigenvalue weighted by Crippen LogP contribution is -2.60. The second-order valence-electron chi connectivity index (χ2n) is 7.29. The Bertz CT molecular complexity index is 1160. The molecule has 1 aliphatic heterocycles. The normalized spacial score (nSPS) is 25.6. The van der Waals surface area contributed by atoms with Crippen molar-refractivity contribution in [1.82, 2.24) is 0 Å². The van der Waals surface area contributed by atoms with Gasteiger partial charge in [-0.2, -0.15) is 0 Å². The van der Waals surface area contributed by atoms with Crippen molar-refractivity contribution in [3.63, 3.8) is 0 Å². The number of aliphatic hydroxyl groups excluding tert-OH is 4. The molecule has 10 heteroatoms. The van der Waals surface area contributed by atoms with Crippen LogP contribution in [-0.2, 0) is 4.74 Å². The molecule has 4 rings (SSSR count). The van der Waals surface area contributed by atoms with Gasteiger partial charge in [-0.05, 0) is 0 Å². The summed E-state index contributed by atoms with van der Waals surface area (Å²) in [5.41, 5.74) is 0.104. The van der Waals surface area contributed by atoms with Gasteiger partial charge >= 0.3 is 0 Å². The SMILES string of the molecule is COc1c(O[C@@H]2O[C@H](CO)[C@@H](O)[C@H](O)[C@H]2O)cc2oc(-c3ccccc3)cc(=O)c2c1O. The van der Waals surface area contributed by atoms with Crippen LogP contribution in [0.25, 0.3) is 22.3 Å². The summed E-state index contributed by atoms with van der Waals surface area (Å²) in [5, 5.41) is 50.0. The fraction of sp³-hybridized carbons (Fsp3) is 0.318. The maximum Gasteiger partial charge on any atom is 0.229 e. The molecule has 0 spiro atoms. The van der Waals surface area contributed by atoms with Gasteiger partial charge in [0.05, 0.1) is 13.7 Å². The van der Waals surface area contributed by atoms with Crippen molar-refractivity contribution in [2.45, 2.75) is 30.7 Å². The minimum absolute atomic E-state index is 0.0192. The smallest absolute Gasteiger partial charge is 0.229 e. The Morgan fingerprint density at radius 3 is 2.41 bits per heavy atom. The zero-order valence-corrected chi connectivity index (χ0v) is 16.9. The molecule has 1 saturated heterocycles. The van der Waals surface area contributed by atoms with Crippen LogP contribution in [0.1, 0.15) is 0 Å². The molecule has 1 aromatic heterocycles. The van der Waals surface area contributed by atoms with E-state index in [9.17, 15) is 30.3 Å². The molecular weight excluding hydrogens is 424 g/mol. The number of hydrogen-bond donors (Lipinski definition) is 5. The quantitative estimate of drug-likeness (QED) is 0.370. The molecule has 10 nitrogen and oxygen atoms in total. The molecule has 32 heavy (non-hydrogen) atoms. The monoisotopic (exact) mass is 446 g/mol. The number of rotatable bonds is 5. The van der Waals surface area contributed by atoms with Gasteiger partial charge in [-0.1, -0.05) is 30.3 Å². The van der Waals surface area contributed by atoms with Crippen molar-refractivity contribution in [3.05, 3.63) is 52.7 Å². The zero-order valence-electron chi connectivity index (χ0n) is 16.9. The van der Waals surface area contributed by atoms with E-state index in [-0.39, 0.29) is 28.2 Å². The molecule has 2 heterocycles. The molecule has 5 atom stereocenters. The van der Waals surface area contributed by atoms with Crippen LogP contribution in [-0.4, -0.2) is 70.0 Å². The molecule has 0 bridgehead atoms. The second-order valence-corrected chi connectivity index (χ2v) is 7.29. The van der Waals surface area contributed by atoms with E-state index in [4.69, 9.17) is 18.6 Å². The summed E-state index contributed by atoms with van der Waals surface area (Å²) in [7, 11) is 1.24. The van der Waals surface area contributed by atoms with Gasteiger partial charge in [0.25, 0.3) is 0 Å². The van der Waals surface area contributed by atoms with Crippen molar-refractivity contribution in [2.24, 2.45) is 0 Å². The Balaban J connectivity index is 1.79. The first-order chi connectivity index (χ1) is 15.3. The van der Waals surface area contributed by atoms with Crippen LogP contribution in [0.4, 0.5) is 0 Å². The number of aliphatic hydroxyl groups is 4. The van der Waals surface area contributed by atoms with Gasteiger partial charge in [0, 0.05) is 17.7 Å². The summed E-state index contributed by atoms with van der Waals surface area (Å²) in [6.45, 7) is -0.639. The Morgan fingerprint density at radius 1 is 1.03 bits per heavy atom. The van der Waals surface area contributed by atoms with Crippen molar-refractivity contribution >= 4 is 11.0 Å². The Labute approximate surface area is 181 Å². The van der Waals surface area contributed by atoms with E-state index in [1.807, 2.05) is 6.07 Å². The number of hydrogen-bond acceptors (Lipinski definition) is 10. The molecule has 3 aromatic rings. The van der Waals surface area contributed by atoms with Crippen LogP contribution in [0.3, 0.4) is 0 Å². The summed E-state index contributed by atoms with van der Waals surface area (Å²) in [5.74, 6) is -0.672. The lowest BCUT2D eigenvalue weighted by Gasteiger charge is -2.39. The first kappa shape index (κ1) is 22.1. The van der Waals surface area contributed by atoms with Crippen molar-refractivity contribution in [2.75, 3.05) is 13.7 Å². The molecule has 2 aromatic carbocycles. The van der Waals surface area contributed by atoms with E-state index in [1.165, 1.54) is 19.2 Å². The first-order valence-electron chi connectivity index (χ1n) is 9.76. The van der Waals surface area contributed by atoms with Crippen LogP contribution in [0.15, 0.2) is 51.7 Å². The molecule has 0 radical (unpaired) electrons. The average molecular weight is 446 g/mol. The number of phenols is 1. The van der Waals surface area contributed by atoms with E-state index in [0.717, 1.165) is 0 Å². The number of aromatic hydroxyl groups is 1. The van der Waals surface area contributed by atoms with Crippen LogP contribution in [0, 0.1) is 0 Å². The minimum atomic E-state index is -1.68. The molecule has 0 amide bonds. The third kappa shape index (κ3) is 3.78. The highest BCUT2D eigenvalue weighted by atomic mass is 16.7. The predicted molar refractivity (Wildman–Crippen MR) is 111 cm³/mol. The van der Waals surface area contributed by atoms with Crippen molar-refractivity contribution in [3.8, 4) is 28.6 Å². The Hall–Kier alpha value is -3.15. The van der Waals surface area contributed by atoms with E-state index in [2.05, 4.69) is 0 Å². The molecule has 170 valence electrons. The third-order valence-corrected chi connectivity index (χ3v) is 5.27. The zero-order chi connectivity index (χ0) is 23.0. The molecule has 1 fully saturated rings. The van der Waals surface area contributed by atoms with E-state index in [0.29, 0.717) is 5.56 Å². The molecule has 1 aliphatic rings. The van der Waals surface area contributed by atoms with Gasteiger partial charge in [-0.15, -0.1) is 0 Å². The lowest BCUT2D eigenvalue weighted by molar-refractivity contribution is -0.277. The van der Waals surface area contributed by atoms with Gasteiger partial charge in [0.15, 0.2) is 16.9 Å². The van der Waals surface area contributed by atoms with Gasteiger partial charge in [-0.25, -0.2) is 0 Å². The molecule has 0 saturated carbocycles. The fourth-order valence-corrected chi connectivity index (χ4v) is 3.58. The second kappa shape index (κ2) is 8.77. The minimum Gasteiger partial charge on any atom is -0.504 e. The molecular formula is C22H22O10. The molecule has 5 N–H and O–H groups in total. The summed E-state index contributed by atoms with van der Waals surface area (Å²) < 4.78 is 22.0. The summed E-state index contributed by atoms with van der Waals surface area (Å²) in [4.78, 5) is 12.7. The summed E-state index contributed by atoms with van der Waals surface area (Å²) in [6, 6.07) is 11.4. The number of fused-ring (bicyclic) bond motifs is 1. The van der Waals surface area contributed by atoms with Gasteiger partial charge in [0.2, 0.25) is 12.0 Å². The third-order valence-electron chi connectivity index (χ3n) is 5.27. The van der Waals surface area contributed by atoms with Gasteiger partial charge in [0.1, 0.15) is 41.1 Å². The fourth-order valence-electron chi connectivity index (χ4n) is 3.58. The number of benzene rings is 2. The van der Waals surface area contributed by atoms with E-state index in [1.54, 1.807) is 24.3 Å². The van der Waals surface area contributed by atoms with Crippen LogP contribution < -0.4 is 14.9 Å². The summed E-state index contributed by atoms with van der Waals surface area (Å²) in [6.07, 6.45) is -7.62. The van der Waals surface area contributed by atoms with Crippen LogP contribution in [0.5, 0.6) is 17.2 Å². The number of phenolic OH excluding ortho intramolecular Hbond substituents is 1. The van der Waals surface area contributed by atoms with Crippen LogP contribution in [0.2, 0.25) is 0 Å². The van der Waals surface area contributed by atoms with Crippen molar-refractivity contribution in [1.29, 1.82) is 0 Å². The highest BCUT2D eigenvalue weighted by Crippen LogP contribution is 2.43. The largest absolute Gasteiger partial charge is 0.504 e. The standard InChI is InChI=1S/C22H22O10/c1-29-21-14(31-22-20(28)19(27)17(25)15(9-23)32-22)8-13-16(18(21)26)11(24)7-12(30-13)10-5-3-2-4-6-10/h2-8,15,17,19-20,22-23,25-28H,9H2,1H3/t15-,17-,19+,20-,22-/m1/s1. The maximum absolute atomic E-state index is 12.7. The first-order valence-corrected chi connectivity index (χ1v) is 9.76. The van der Waals surface area contributed by atoms with E-state index >= 15 is 0 Å². The number of ether oxygens (including phenoxy) is 3. The van der Waals surface area contributed by atoms with Gasteiger partial charge in [-0.3, -0.25) is 4.79 Å². The summed E-state index contributed by atoms with van der Waals surface area (Å²) >= 11 is 0. The Morgan fingerprint density at radius 2 is 1.75 bits per heavy atom. The highest BCUT2D eigenvalue weighted by molar-refractivity contribution is 5.89. The topological polar surface area (TPSA) is 159 Å². The molecule has 0 aliphatic carbocycles. The Kier molecular flexibility index (Phi) is 6.04. The highest BCUT2D eigenvalue weighted by Gasteiger charge is 2.45. The van der Waals surface area contributed by atoms with Gasteiger partial charge < -0.3 is 44.2 Å². The maximum atomic E-state index is 12.7. The average Bonchev–Trinajstić information content (AvgIpc) is 2.79. The number of methoxy groups -OCH3 is 1. The van der Waals surface area contributed by atoms with Crippen LogP contribution >= 0.6 is 0 Å².